The summed E-state index contributed by atoms with van der Waals surface area (Å²) in [6.07, 6.45) is -3.38. The summed E-state index contributed by atoms with van der Waals surface area (Å²) in [5.74, 6) is 0. The molecule has 136 valence electrons. The first-order valence-electron chi connectivity index (χ1n) is 7.35. The third kappa shape index (κ3) is 3.69. The molecule has 26 heavy (non-hydrogen) atoms. The molecule has 3 rings (SSSR count). The maximum Gasteiger partial charge on any atom is 0.435 e. The lowest BCUT2D eigenvalue weighted by Crippen LogP contribution is -2.25. The van der Waals surface area contributed by atoms with Crippen LogP contribution in [0, 0.1) is 6.92 Å². The molecule has 1 N–H and O–H groups in total. The van der Waals surface area contributed by atoms with E-state index < -0.39 is 21.9 Å². The molecule has 0 amide bonds. The van der Waals surface area contributed by atoms with Gasteiger partial charge in [0.1, 0.15) is 0 Å². The molecule has 3 aromatic rings. The Morgan fingerprint density at radius 2 is 1.77 bits per heavy atom. The van der Waals surface area contributed by atoms with Gasteiger partial charge in [0.2, 0.25) is 0 Å². The summed E-state index contributed by atoms with van der Waals surface area (Å²) < 4.78 is 64.0. The largest absolute Gasteiger partial charge is 0.435 e. The Labute approximate surface area is 147 Å². The molecule has 0 saturated heterocycles. The van der Waals surface area contributed by atoms with E-state index in [0.29, 0.717) is 10.5 Å². The molecule has 0 aliphatic heterocycles. The first-order valence-corrected chi connectivity index (χ1v) is 8.83. The van der Waals surface area contributed by atoms with E-state index >= 15 is 0 Å². The SMILES string of the molecule is Cc1ccc(-c2cc(C(F)(F)F)nn2NS(=O)(=O)c2ccccc2)cn1. The maximum absolute atomic E-state index is 13.0. The maximum atomic E-state index is 13.0. The zero-order valence-corrected chi connectivity index (χ0v) is 14.2. The molecule has 2 aromatic heterocycles. The third-order valence-electron chi connectivity index (χ3n) is 3.47. The molecule has 0 saturated carbocycles. The second kappa shape index (κ2) is 6.45. The Balaban J connectivity index is 2.08. The van der Waals surface area contributed by atoms with Crippen LogP contribution in [0.4, 0.5) is 13.2 Å². The minimum absolute atomic E-state index is 0.0793. The summed E-state index contributed by atoms with van der Waals surface area (Å²) in [7, 11) is -4.12. The van der Waals surface area contributed by atoms with Gasteiger partial charge in [-0.15, -0.1) is 5.10 Å². The third-order valence-corrected chi connectivity index (χ3v) is 4.77. The number of aromatic nitrogens is 3. The second-order valence-electron chi connectivity index (χ2n) is 5.42. The van der Waals surface area contributed by atoms with Crippen LogP contribution in [-0.4, -0.2) is 23.3 Å². The molecule has 0 atom stereocenters. The van der Waals surface area contributed by atoms with Crippen molar-refractivity contribution < 1.29 is 21.6 Å². The lowest BCUT2D eigenvalue weighted by molar-refractivity contribution is -0.141. The van der Waals surface area contributed by atoms with Gasteiger partial charge in [0.25, 0.3) is 10.0 Å². The van der Waals surface area contributed by atoms with Gasteiger partial charge in [0, 0.05) is 17.5 Å². The number of aryl methyl sites for hydroxylation is 1. The summed E-state index contributed by atoms with van der Waals surface area (Å²) >= 11 is 0. The van der Waals surface area contributed by atoms with Crippen LogP contribution in [0.3, 0.4) is 0 Å². The Hall–Kier alpha value is -2.88. The number of pyridine rings is 1. The number of nitrogens with zero attached hydrogens (tertiary/aromatic N) is 3. The average molecular weight is 382 g/mol. The number of nitrogens with one attached hydrogen (secondary N) is 1. The number of sulfonamides is 1. The highest BCUT2D eigenvalue weighted by molar-refractivity contribution is 7.92. The van der Waals surface area contributed by atoms with E-state index in [9.17, 15) is 21.6 Å². The molecule has 1 aromatic carbocycles. The second-order valence-corrected chi connectivity index (χ2v) is 7.08. The van der Waals surface area contributed by atoms with Crippen LogP contribution in [0.1, 0.15) is 11.4 Å². The fourth-order valence-corrected chi connectivity index (χ4v) is 3.17. The normalized spacial score (nSPS) is 12.2. The first kappa shape index (κ1) is 17.9. The minimum atomic E-state index is -4.73. The smallest absolute Gasteiger partial charge is 0.261 e. The van der Waals surface area contributed by atoms with E-state index in [-0.39, 0.29) is 16.2 Å². The van der Waals surface area contributed by atoms with Gasteiger partial charge >= 0.3 is 6.18 Å². The highest BCUT2D eigenvalue weighted by atomic mass is 32.2. The molecule has 0 bridgehead atoms. The van der Waals surface area contributed by atoms with Crippen LogP contribution in [0.25, 0.3) is 11.3 Å². The molecule has 0 unspecified atom stereocenters. The number of hydrogen-bond donors (Lipinski definition) is 1. The highest BCUT2D eigenvalue weighted by Gasteiger charge is 2.35. The van der Waals surface area contributed by atoms with E-state index in [1.807, 2.05) is 0 Å². The van der Waals surface area contributed by atoms with Crippen LogP contribution >= 0.6 is 0 Å². The molecule has 0 spiro atoms. The molecule has 10 heteroatoms. The fraction of sp³-hybridized carbons (Fsp3) is 0.125. The first-order chi connectivity index (χ1) is 12.2. The molecular weight excluding hydrogens is 369 g/mol. The molecule has 0 aliphatic carbocycles. The van der Waals surface area contributed by atoms with Gasteiger partial charge in [-0.1, -0.05) is 18.2 Å². The minimum Gasteiger partial charge on any atom is -0.261 e. The van der Waals surface area contributed by atoms with Gasteiger partial charge in [-0.05, 0) is 37.3 Å². The van der Waals surface area contributed by atoms with Crippen molar-refractivity contribution in [2.45, 2.75) is 18.0 Å². The van der Waals surface area contributed by atoms with E-state index in [0.717, 1.165) is 6.07 Å². The number of alkyl halides is 3. The van der Waals surface area contributed by atoms with Crippen molar-refractivity contribution in [3.05, 3.63) is 66.1 Å². The van der Waals surface area contributed by atoms with Crippen molar-refractivity contribution in [2.24, 2.45) is 0 Å². The van der Waals surface area contributed by atoms with E-state index in [2.05, 4.69) is 14.9 Å². The highest BCUT2D eigenvalue weighted by Crippen LogP contribution is 2.31. The lowest BCUT2D eigenvalue weighted by Gasteiger charge is -2.11. The summed E-state index contributed by atoms with van der Waals surface area (Å²) in [6, 6.07) is 11.2. The van der Waals surface area contributed by atoms with Gasteiger partial charge in [0.15, 0.2) is 5.69 Å². The molecule has 2 heterocycles. The zero-order chi connectivity index (χ0) is 18.9. The van der Waals surface area contributed by atoms with Crippen molar-refractivity contribution >= 4 is 10.0 Å². The Bertz CT molecular complexity index is 1010. The van der Waals surface area contributed by atoms with E-state index in [1.165, 1.54) is 36.5 Å². The average Bonchev–Trinajstić information content (AvgIpc) is 3.00. The Kier molecular flexibility index (Phi) is 4.45. The molecule has 0 aliphatic rings. The molecule has 6 nitrogen and oxygen atoms in total. The topological polar surface area (TPSA) is 76.9 Å². The van der Waals surface area contributed by atoms with Crippen molar-refractivity contribution in [1.82, 2.24) is 14.9 Å². The van der Waals surface area contributed by atoms with Crippen LogP contribution in [0.2, 0.25) is 0 Å². The van der Waals surface area contributed by atoms with Gasteiger partial charge < -0.3 is 0 Å². The van der Waals surface area contributed by atoms with Crippen molar-refractivity contribution in [2.75, 3.05) is 4.83 Å². The number of halogens is 3. The summed E-state index contributed by atoms with van der Waals surface area (Å²) in [5.41, 5.74) is -0.344. The zero-order valence-electron chi connectivity index (χ0n) is 13.4. The Morgan fingerprint density at radius 1 is 1.08 bits per heavy atom. The van der Waals surface area contributed by atoms with Crippen molar-refractivity contribution in [3.8, 4) is 11.3 Å². The van der Waals surface area contributed by atoms with Crippen LogP contribution in [0.15, 0.2) is 59.6 Å². The molecule has 0 radical (unpaired) electrons. The van der Waals surface area contributed by atoms with Crippen molar-refractivity contribution in [1.29, 1.82) is 0 Å². The lowest BCUT2D eigenvalue weighted by atomic mass is 10.2. The fourth-order valence-electron chi connectivity index (χ4n) is 2.18. The number of benzene rings is 1. The van der Waals surface area contributed by atoms with Gasteiger partial charge in [-0.2, -0.15) is 31.2 Å². The van der Waals surface area contributed by atoms with E-state index in [4.69, 9.17) is 0 Å². The standard InChI is InChI=1S/C16H13F3N4O2S/c1-11-7-8-12(10-20-11)14-9-15(16(17,18)19)21-23(14)22-26(24,25)13-5-3-2-4-6-13/h2-10,22H,1H3. The van der Waals surface area contributed by atoms with Crippen LogP contribution in [0.5, 0.6) is 0 Å². The predicted octanol–water partition coefficient (Wildman–Crippen LogP) is 3.20. The Morgan fingerprint density at radius 3 is 2.35 bits per heavy atom. The van der Waals surface area contributed by atoms with Crippen LogP contribution < -0.4 is 4.83 Å². The molecular formula is C16H13F3N4O2S. The summed E-state index contributed by atoms with van der Waals surface area (Å²) in [6.45, 7) is 1.72. The predicted molar refractivity (Wildman–Crippen MR) is 88.2 cm³/mol. The van der Waals surface area contributed by atoms with Gasteiger partial charge in [0.05, 0.1) is 10.6 Å². The number of hydrogen-bond acceptors (Lipinski definition) is 4. The van der Waals surface area contributed by atoms with Crippen molar-refractivity contribution in [3.63, 3.8) is 0 Å². The van der Waals surface area contributed by atoms with Crippen LogP contribution in [-0.2, 0) is 16.2 Å². The quantitative estimate of drug-likeness (QED) is 0.752. The number of rotatable bonds is 4. The van der Waals surface area contributed by atoms with Gasteiger partial charge in [-0.25, -0.2) is 0 Å². The van der Waals surface area contributed by atoms with Gasteiger partial charge in [-0.3, -0.25) is 4.98 Å². The van der Waals surface area contributed by atoms with E-state index in [1.54, 1.807) is 19.1 Å². The molecule has 0 fully saturated rings. The summed E-state index contributed by atoms with van der Waals surface area (Å²) in [4.78, 5) is 6.58. The monoisotopic (exact) mass is 382 g/mol. The summed E-state index contributed by atoms with van der Waals surface area (Å²) in [5, 5.41) is 3.36.